The highest BCUT2D eigenvalue weighted by molar-refractivity contribution is 7.80. The van der Waals surface area contributed by atoms with Crippen LogP contribution >= 0.6 is 36.0 Å². The van der Waals surface area contributed by atoms with Gasteiger partial charge in [0.05, 0.1) is 11.6 Å². The van der Waals surface area contributed by atoms with E-state index < -0.39 is 5.17 Å². The van der Waals surface area contributed by atoms with E-state index in [0.29, 0.717) is 23.7 Å². The molecule has 0 fully saturated rings. The standard InChI is InChI=1S/C11H13ClN2O2S.CH3NOS/c1-2-9(15)5-6-16-11(17)14-10-4-3-8(12)7-13-10;2-1(3)4/h3-4,7H,2,5-6H2,1H3,(H,13,14,17);(H3,2,3,4). The van der Waals surface area contributed by atoms with E-state index >= 15 is 0 Å². The summed E-state index contributed by atoms with van der Waals surface area (Å²) in [6.07, 6.45) is 2.39. The summed E-state index contributed by atoms with van der Waals surface area (Å²) in [6.45, 7) is 2.10. The molecule has 9 heteroatoms. The van der Waals surface area contributed by atoms with Gasteiger partial charge in [0.15, 0.2) is 0 Å². The number of aromatic nitrogens is 1. The Morgan fingerprint density at radius 3 is 2.62 bits per heavy atom. The first-order valence-electron chi connectivity index (χ1n) is 5.90. The fraction of sp³-hybridized carbons (Fsp3) is 0.333. The number of aliphatic hydroxyl groups excluding tert-OH is 1. The van der Waals surface area contributed by atoms with Gasteiger partial charge in [0, 0.05) is 19.0 Å². The molecule has 0 radical (unpaired) electrons. The third-order valence-electron chi connectivity index (χ3n) is 1.97. The second kappa shape index (κ2) is 11.2. The zero-order valence-electron chi connectivity index (χ0n) is 11.3. The summed E-state index contributed by atoms with van der Waals surface area (Å²) in [6, 6.07) is 3.38. The maximum Gasteiger partial charge on any atom is 0.262 e. The Labute approximate surface area is 138 Å². The summed E-state index contributed by atoms with van der Waals surface area (Å²) < 4.78 is 5.18. The van der Waals surface area contributed by atoms with Gasteiger partial charge in [0.1, 0.15) is 11.6 Å². The first-order chi connectivity index (χ1) is 9.85. The third-order valence-corrected chi connectivity index (χ3v) is 2.41. The maximum atomic E-state index is 11.0. The number of carbonyl (C=O) groups excluding carboxylic acids is 1. The van der Waals surface area contributed by atoms with Crippen LogP contribution in [0.1, 0.15) is 19.8 Å². The highest BCUT2D eigenvalue weighted by Gasteiger charge is 2.02. The highest BCUT2D eigenvalue weighted by Crippen LogP contribution is 2.09. The molecule has 0 amide bonds. The number of carbonyl (C=O) groups is 1. The highest BCUT2D eigenvalue weighted by atomic mass is 35.5. The Bertz CT molecular complexity index is 479. The Morgan fingerprint density at radius 1 is 1.52 bits per heavy atom. The summed E-state index contributed by atoms with van der Waals surface area (Å²) >= 11 is 14.5. The SMILES string of the molecule is CCC(=O)CCOC(=S)Nc1ccc(Cl)cn1.NC(O)=S. The van der Waals surface area contributed by atoms with Gasteiger partial charge in [-0.2, -0.15) is 0 Å². The van der Waals surface area contributed by atoms with E-state index in [0.717, 1.165) is 0 Å². The lowest BCUT2D eigenvalue weighted by atomic mass is 10.2. The monoisotopic (exact) mass is 349 g/mol. The van der Waals surface area contributed by atoms with Crippen LogP contribution in [0.15, 0.2) is 18.3 Å². The van der Waals surface area contributed by atoms with Crippen LogP contribution in [0, 0.1) is 0 Å². The van der Waals surface area contributed by atoms with Gasteiger partial charge in [-0.3, -0.25) is 4.79 Å². The zero-order valence-corrected chi connectivity index (χ0v) is 13.7. The quantitative estimate of drug-likeness (QED) is 0.698. The fourth-order valence-corrected chi connectivity index (χ4v) is 1.32. The molecule has 1 rings (SSSR count). The van der Waals surface area contributed by atoms with Gasteiger partial charge in [-0.05, 0) is 36.6 Å². The van der Waals surface area contributed by atoms with Crippen molar-refractivity contribution in [3.05, 3.63) is 23.4 Å². The molecule has 0 aliphatic rings. The number of ketones is 1. The van der Waals surface area contributed by atoms with E-state index in [-0.39, 0.29) is 17.6 Å². The largest absolute Gasteiger partial charge is 0.487 e. The molecule has 1 aromatic rings. The fourth-order valence-electron chi connectivity index (χ4n) is 1.02. The number of aliphatic hydroxyl groups is 1. The number of pyridine rings is 1. The lowest BCUT2D eigenvalue weighted by Gasteiger charge is -2.08. The van der Waals surface area contributed by atoms with Crippen molar-refractivity contribution in [2.24, 2.45) is 5.73 Å². The Hall–Kier alpha value is -1.51. The molecule has 4 N–H and O–H groups in total. The van der Waals surface area contributed by atoms with Gasteiger partial charge >= 0.3 is 0 Å². The number of anilines is 1. The molecule has 6 nitrogen and oxygen atoms in total. The molecule has 0 bridgehead atoms. The molecular weight excluding hydrogens is 334 g/mol. The summed E-state index contributed by atoms with van der Waals surface area (Å²) in [5, 5.41) is 10.6. The number of nitrogens with two attached hydrogens (primary N) is 1. The molecule has 0 aliphatic heterocycles. The van der Waals surface area contributed by atoms with E-state index in [1.807, 2.05) is 6.92 Å². The van der Waals surface area contributed by atoms with Crippen molar-refractivity contribution in [2.45, 2.75) is 19.8 Å². The number of nitrogens with zero attached hydrogens (tertiary/aromatic N) is 1. The zero-order chi connectivity index (χ0) is 16.3. The van der Waals surface area contributed by atoms with E-state index in [9.17, 15) is 4.79 Å². The molecule has 116 valence electrons. The number of hydrogen-bond donors (Lipinski definition) is 3. The Balaban J connectivity index is 0.000000885. The normalized spacial score (nSPS) is 9.05. The van der Waals surface area contributed by atoms with Crippen LogP contribution in [-0.4, -0.2) is 32.8 Å². The van der Waals surface area contributed by atoms with Gasteiger partial charge in [-0.25, -0.2) is 4.98 Å². The van der Waals surface area contributed by atoms with Crippen molar-refractivity contribution < 1.29 is 14.6 Å². The van der Waals surface area contributed by atoms with Gasteiger partial charge in [-0.1, -0.05) is 18.5 Å². The van der Waals surface area contributed by atoms with E-state index in [1.165, 1.54) is 6.20 Å². The van der Waals surface area contributed by atoms with Crippen LogP contribution in [0.2, 0.25) is 5.02 Å². The van der Waals surface area contributed by atoms with Crippen LogP contribution in [-0.2, 0) is 9.53 Å². The lowest BCUT2D eigenvalue weighted by molar-refractivity contribution is -0.119. The predicted molar refractivity (Wildman–Crippen MR) is 90.7 cm³/mol. The van der Waals surface area contributed by atoms with Crippen molar-refractivity contribution in [2.75, 3.05) is 11.9 Å². The second-order valence-corrected chi connectivity index (χ2v) is 4.83. The Morgan fingerprint density at radius 2 is 2.14 bits per heavy atom. The number of halogens is 1. The summed E-state index contributed by atoms with van der Waals surface area (Å²) in [5.41, 5.74) is 4.40. The van der Waals surface area contributed by atoms with Crippen molar-refractivity contribution >= 4 is 58.0 Å². The van der Waals surface area contributed by atoms with Crippen LogP contribution in [0.4, 0.5) is 5.82 Å². The summed E-state index contributed by atoms with van der Waals surface area (Å²) in [4.78, 5) is 15.0. The van der Waals surface area contributed by atoms with Gasteiger partial charge < -0.3 is 20.9 Å². The minimum Gasteiger partial charge on any atom is -0.487 e. The smallest absolute Gasteiger partial charge is 0.262 e. The number of hydrogen-bond acceptors (Lipinski definition) is 5. The number of Topliss-reactive ketones (excluding diaryl/α,β-unsaturated/α-hetero) is 1. The molecular formula is C12H16ClN3O3S2. The van der Waals surface area contributed by atoms with Crippen LogP contribution in [0.5, 0.6) is 0 Å². The van der Waals surface area contributed by atoms with Gasteiger partial charge in [-0.15, -0.1) is 0 Å². The van der Waals surface area contributed by atoms with Crippen LogP contribution < -0.4 is 11.1 Å². The number of rotatable bonds is 5. The van der Waals surface area contributed by atoms with E-state index in [4.69, 9.17) is 33.7 Å². The van der Waals surface area contributed by atoms with Crippen LogP contribution in [0.25, 0.3) is 0 Å². The molecule has 1 heterocycles. The average molecular weight is 350 g/mol. The first-order valence-corrected chi connectivity index (χ1v) is 7.10. The number of thiocarbonyl (C=S) groups is 2. The van der Waals surface area contributed by atoms with Gasteiger partial charge in [0.2, 0.25) is 0 Å². The minimum atomic E-state index is -0.500. The molecule has 0 aliphatic carbocycles. The molecule has 0 saturated heterocycles. The molecule has 0 aromatic carbocycles. The maximum absolute atomic E-state index is 11.0. The molecule has 0 atom stereocenters. The van der Waals surface area contributed by atoms with E-state index in [1.54, 1.807) is 12.1 Å². The molecule has 21 heavy (non-hydrogen) atoms. The number of ether oxygens (including phenoxy) is 1. The third kappa shape index (κ3) is 12.0. The summed E-state index contributed by atoms with van der Waals surface area (Å²) in [5.74, 6) is 0.707. The lowest BCUT2D eigenvalue weighted by Crippen LogP contribution is -2.16. The average Bonchev–Trinajstić information content (AvgIpc) is 2.40. The van der Waals surface area contributed by atoms with Crippen molar-refractivity contribution in [3.8, 4) is 0 Å². The van der Waals surface area contributed by atoms with Crippen molar-refractivity contribution in [1.82, 2.24) is 4.98 Å². The predicted octanol–water partition coefficient (Wildman–Crippen LogP) is 2.61. The van der Waals surface area contributed by atoms with Crippen LogP contribution in [0.3, 0.4) is 0 Å². The Kier molecular flexibility index (Phi) is 10.4. The second-order valence-electron chi connectivity index (χ2n) is 3.60. The topological polar surface area (TPSA) is 97.5 Å². The molecule has 1 aromatic heterocycles. The molecule has 0 saturated carbocycles. The first kappa shape index (κ1) is 19.5. The minimum absolute atomic E-state index is 0.150. The van der Waals surface area contributed by atoms with Crippen molar-refractivity contribution in [1.29, 1.82) is 0 Å². The van der Waals surface area contributed by atoms with Crippen molar-refractivity contribution in [3.63, 3.8) is 0 Å². The van der Waals surface area contributed by atoms with E-state index in [2.05, 4.69) is 28.3 Å². The molecule has 0 spiro atoms. The van der Waals surface area contributed by atoms with Gasteiger partial charge in [0.25, 0.3) is 10.3 Å². The number of nitrogens with one attached hydrogen (secondary N) is 1. The summed E-state index contributed by atoms with van der Waals surface area (Å²) in [7, 11) is 0. The molecule has 0 unspecified atom stereocenters.